The zero-order chi connectivity index (χ0) is 10.2. The van der Waals surface area contributed by atoms with E-state index in [0.717, 1.165) is 0 Å². The highest BCUT2D eigenvalue weighted by molar-refractivity contribution is 3.78. The molecule has 0 amide bonds. The molecule has 0 bridgehead atoms. The topological polar surface area (TPSA) is 158 Å². The highest BCUT2D eigenvalue weighted by atomic mass is 17.3. The summed E-state index contributed by atoms with van der Waals surface area (Å²) < 4.78 is 0. The molecule has 78 valence electrons. The van der Waals surface area contributed by atoms with Crippen molar-refractivity contribution in [3.05, 3.63) is 0 Å². The van der Waals surface area contributed by atoms with E-state index in [4.69, 9.17) is 31.5 Å². The van der Waals surface area contributed by atoms with Gasteiger partial charge in [-0.25, -0.2) is 30.1 Å². The molecule has 0 saturated heterocycles. The molecule has 6 N–H and O–H groups in total. The van der Waals surface area contributed by atoms with Gasteiger partial charge in [-0.15, -0.1) is 0 Å². The van der Waals surface area contributed by atoms with Crippen molar-refractivity contribution >= 4 is 0 Å². The van der Waals surface area contributed by atoms with Crippen molar-refractivity contribution in [1.82, 2.24) is 0 Å². The Morgan fingerprint density at radius 3 is 1.08 bits per heavy atom. The van der Waals surface area contributed by atoms with Gasteiger partial charge < -0.3 is 0 Å². The van der Waals surface area contributed by atoms with Crippen molar-refractivity contribution in [3.63, 3.8) is 0 Å². The lowest BCUT2D eigenvalue weighted by atomic mass is 11.5. The van der Waals surface area contributed by atoms with Crippen molar-refractivity contribution in [2.24, 2.45) is 0 Å². The molecular formula is C2H10O10. The Morgan fingerprint density at radius 2 is 0.917 bits per heavy atom. The molecule has 0 fully saturated rings. The van der Waals surface area contributed by atoms with Crippen LogP contribution in [0.4, 0.5) is 0 Å². The standard InChI is InChI=1S/C2H6O6.2H2O2/c3-5-1-7-8-2-6-4;2*1-2/h3-4H,1-2H2;2*1-2H. The van der Waals surface area contributed by atoms with Gasteiger partial charge in [0.05, 0.1) is 0 Å². The van der Waals surface area contributed by atoms with Crippen molar-refractivity contribution < 1.29 is 51.1 Å². The fourth-order valence-electron chi connectivity index (χ4n) is 0.111. The normalized spacial score (nSPS) is 7.50. The maximum atomic E-state index is 7.56. The first kappa shape index (κ1) is 17.6. The number of rotatable bonds is 5. The van der Waals surface area contributed by atoms with Gasteiger partial charge in [-0.3, -0.25) is 21.0 Å². The summed E-state index contributed by atoms with van der Waals surface area (Å²) in [5, 5.41) is 39.1. The van der Waals surface area contributed by atoms with E-state index >= 15 is 0 Å². The zero-order valence-corrected chi connectivity index (χ0v) is 5.73. The van der Waals surface area contributed by atoms with E-state index in [2.05, 4.69) is 19.6 Å². The van der Waals surface area contributed by atoms with Gasteiger partial charge in [0.1, 0.15) is 0 Å². The molecule has 0 aromatic rings. The van der Waals surface area contributed by atoms with Gasteiger partial charge in [0.25, 0.3) is 0 Å². The predicted molar refractivity (Wildman–Crippen MR) is 29.8 cm³/mol. The summed E-state index contributed by atoms with van der Waals surface area (Å²) in [5.41, 5.74) is 0. The molecular weight excluding hydrogens is 184 g/mol. The van der Waals surface area contributed by atoms with E-state index in [-0.39, 0.29) is 0 Å². The lowest BCUT2D eigenvalue weighted by molar-refractivity contribution is -0.449. The molecule has 0 heterocycles. The lowest BCUT2D eigenvalue weighted by Gasteiger charge is -1.96. The zero-order valence-electron chi connectivity index (χ0n) is 5.73. The first-order valence-corrected chi connectivity index (χ1v) is 2.09. The highest BCUT2D eigenvalue weighted by Gasteiger charge is 1.83. The smallest absolute Gasteiger partial charge is 0.214 e. The monoisotopic (exact) mass is 194 g/mol. The largest absolute Gasteiger partial charge is 0.255 e. The minimum Gasteiger partial charge on any atom is -0.255 e. The van der Waals surface area contributed by atoms with Crippen LogP contribution in [0, 0.1) is 0 Å². The van der Waals surface area contributed by atoms with Gasteiger partial charge in [0.2, 0.25) is 13.6 Å². The van der Waals surface area contributed by atoms with E-state index in [1.54, 1.807) is 0 Å². The second kappa shape index (κ2) is 31.2. The van der Waals surface area contributed by atoms with Crippen LogP contribution in [-0.4, -0.2) is 45.1 Å². The third kappa shape index (κ3) is 33.6. The fourth-order valence-corrected chi connectivity index (χ4v) is 0.111. The van der Waals surface area contributed by atoms with Crippen LogP contribution in [0.5, 0.6) is 0 Å². The van der Waals surface area contributed by atoms with Crippen molar-refractivity contribution in [3.8, 4) is 0 Å². The van der Waals surface area contributed by atoms with Crippen LogP contribution in [0.2, 0.25) is 0 Å². The van der Waals surface area contributed by atoms with Gasteiger partial charge in [0.15, 0.2) is 0 Å². The minimum atomic E-state index is -0.427. The highest BCUT2D eigenvalue weighted by Crippen LogP contribution is 1.76. The van der Waals surface area contributed by atoms with Crippen LogP contribution in [0.1, 0.15) is 0 Å². The molecule has 0 aromatic heterocycles. The molecule has 0 aliphatic rings. The molecule has 10 nitrogen and oxygen atoms in total. The van der Waals surface area contributed by atoms with E-state index in [9.17, 15) is 0 Å². The number of hydrogen-bond acceptors (Lipinski definition) is 10. The SMILES string of the molecule is OO.OO.OOCOOCOO. The summed E-state index contributed by atoms with van der Waals surface area (Å²) in [7, 11) is 0. The molecule has 10 heteroatoms. The molecule has 0 radical (unpaired) electrons. The van der Waals surface area contributed by atoms with E-state index in [0.29, 0.717) is 0 Å². The lowest BCUT2D eigenvalue weighted by Crippen LogP contribution is -2.01. The van der Waals surface area contributed by atoms with Crippen molar-refractivity contribution in [2.45, 2.75) is 0 Å². The average molecular weight is 194 g/mol. The summed E-state index contributed by atoms with van der Waals surface area (Å²) in [6.45, 7) is -0.854. The molecule has 0 spiro atoms. The van der Waals surface area contributed by atoms with Crippen LogP contribution in [0.3, 0.4) is 0 Å². The molecule has 0 unspecified atom stereocenters. The first-order chi connectivity index (χ1) is 5.91. The van der Waals surface area contributed by atoms with Crippen LogP contribution >= 0.6 is 0 Å². The molecule has 0 aliphatic heterocycles. The third-order valence-corrected chi connectivity index (χ3v) is 0.285. The first-order valence-electron chi connectivity index (χ1n) is 2.09. The van der Waals surface area contributed by atoms with Gasteiger partial charge in [0, 0.05) is 0 Å². The van der Waals surface area contributed by atoms with E-state index < -0.39 is 13.6 Å². The summed E-state index contributed by atoms with van der Waals surface area (Å²) >= 11 is 0. The molecule has 0 rings (SSSR count). The Labute approximate surface area is 66.0 Å². The van der Waals surface area contributed by atoms with Crippen LogP contribution in [0.25, 0.3) is 0 Å². The maximum Gasteiger partial charge on any atom is 0.214 e. The Bertz CT molecular complexity index is 32.8. The second-order valence-electron chi connectivity index (χ2n) is 0.730. The fraction of sp³-hybridized carbons (Fsp3) is 1.00. The molecule has 12 heavy (non-hydrogen) atoms. The Morgan fingerprint density at radius 1 is 0.667 bits per heavy atom. The van der Waals surface area contributed by atoms with Crippen LogP contribution in [0.15, 0.2) is 0 Å². The summed E-state index contributed by atoms with van der Waals surface area (Å²) in [6.07, 6.45) is 0. The van der Waals surface area contributed by atoms with Gasteiger partial charge in [-0.2, -0.15) is 0 Å². The Balaban J connectivity index is -0.000000175. The van der Waals surface area contributed by atoms with Crippen LogP contribution < -0.4 is 0 Å². The minimum absolute atomic E-state index is 0.427. The Kier molecular flexibility index (Phi) is 45.7. The summed E-state index contributed by atoms with van der Waals surface area (Å²) in [4.78, 5) is 14.7. The van der Waals surface area contributed by atoms with E-state index in [1.807, 2.05) is 0 Å². The van der Waals surface area contributed by atoms with Crippen molar-refractivity contribution in [1.29, 1.82) is 0 Å². The molecule has 0 aliphatic carbocycles. The Hall–Kier alpha value is -0.400. The summed E-state index contributed by atoms with van der Waals surface area (Å²) in [6, 6.07) is 0. The van der Waals surface area contributed by atoms with Crippen molar-refractivity contribution in [2.75, 3.05) is 13.6 Å². The van der Waals surface area contributed by atoms with E-state index in [1.165, 1.54) is 0 Å². The second-order valence-corrected chi connectivity index (χ2v) is 0.730. The third-order valence-electron chi connectivity index (χ3n) is 0.285. The molecule has 0 saturated carbocycles. The summed E-state index contributed by atoms with van der Waals surface area (Å²) in [5.74, 6) is 0. The van der Waals surface area contributed by atoms with Crippen LogP contribution in [-0.2, 0) is 19.6 Å². The quantitative estimate of drug-likeness (QED) is 0.150. The average Bonchev–Trinajstić information content (AvgIpc) is 2.19. The van der Waals surface area contributed by atoms with Gasteiger partial charge >= 0.3 is 0 Å². The predicted octanol–water partition coefficient (Wildman–Crippen LogP) is -0.136. The molecule has 0 atom stereocenters. The van der Waals surface area contributed by atoms with Gasteiger partial charge in [-0.05, 0) is 0 Å². The molecule has 0 aromatic carbocycles. The number of hydrogen-bond donors (Lipinski definition) is 6. The van der Waals surface area contributed by atoms with Gasteiger partial charge in [-0.1, -0.05) is 0 Å². The maximum absolute atomic E-state index is 7.56.